The van der Waals surface area contributed by atoms with Gasteiger partial charge in [-0.25, -0.2) is 32.7 Å². The molecule has 85 heavy (non-hydrogen) atoms. The van der Waals surface area contributed by atoms with Gasteiger partial charge in [0.15, 0.2) is 0 Å². The molecule has 7 fully saturated rings. The molecule has 0 aromatic heterocycles. The van der Waals surface area contributed by atoms with Gasteiger partial charge in [-0.1, -0.05) is 0 Å². The van der Waals surface area contributed by atoms with Crippen molar-refractivity contribution in [3.05, 3.63) is 0 Å². The SMILES string of the molecule is [3H][C@@H]1CN(P(C)(=O)OC[C@@H]2CN(C)C[C@H](C)O2)C[C@@H](COP(C)(=O)N2C[C@@H](COP(C)(=O)N3C[C@@H](COP(C)(=O)N4C[C@@H](COP(C)(=O)N5C[C@@H](COP(C)(=O)N6C[C@@H](CO[P@@](C)(=O)N(C)C)O[C@@H](C)C6)O[C@@H](C)C5)O[C@@H]([3H])C4)O[C@H]([3H])C3)O[C@@H](C)C2)O1. The normalized spacial score (nSPS) is 39.2. The first-order chi connectivity index (χ1) is 40.8. The lowest BCUT2D eigenvalue weighted by molar-refractivity contribution is -0.0866. The molecule has 36 heteroatoms. The second kappa shape index (κ2) is 31.3. The zero-order valence-corrected chi connectivity index (χ0v) is 58.5. The molecule has 7 saturated heterocycles. The van der Waals surface area contributed by atoms with Crippen molar-refractivity contribution in [1.82, 2.24) is 37.6 Å². The van der Waals surface area contributed by atoms with Crippen molar-refractivity contribution in [2.45, 2.75) is 94.8 Å². The van der Waals surface area contributed by atoms with E-state index < -0.39 is 121 Å². The highest BCUT2D eigenvalue weighted by Gasteiger charge is 2.44. The molecule has 0 spiro atoms. The highest BCUT2D eigenvalue weighted by molar-refractivity contribution is 7.57. The minimum Gasteiger partial charge on any atom is -0.373 e. The van der Waals surface area contributed by atoms with Crippen LogP contribution < -0.4 is 0 Å². The van der Waals surface area contributed by atoms with E-state index in [9.17, 15) is 32.0 Å². The molecular weight excluding hydrogens is 1250 g/mol. The summed E-state index contributed by atoms with van der Waals surface area (Å²) in [6, 6.07) is 0. The van der Waals surface area contributed by atoms with Crippen LogP contribution in [0.5, 0.6) is 0 Å². The minimum absolute atomic E-state index is 0.00351. The maximum absolute atomic E-state index is 14.3. The standard InChI is InChI=1S/C49H101N8O21P7/c1-39-21-51(7)25-46(75-39)35-72-81(10,60)53-16-20-67-45(28-53)34-71-83(12,62)55-22-41(3)77-48(30-55)37-73-82(11,61)54-17-19-65-43(26-54)32-69-80(9,59)52-15-18-66-44(27-52)33-70-84(13,63)56-23-42(4)78-49(31-56)38-74-85(14,64)57-24-40(2)76-47(29-57)36-68-79(8,58)50(5)6/h39-49H,15-38H2,1-14H3/t39-,40-,41-,42-,43-,44-,45-,46-,47-,48-,49-,79+,80?,81?,82?,83?,84?,85?/m0/s1/i18T,19T,20T/t18-,19+,20+,39-,40-,41-,42-,43-,44-,45-,46-,47-,48-,49-,79+,80?,81?,82?,83?,84?,85?. The molecule has 7 aliphatic rings. The Hall–Kier alpha value is 0.730. The fraction of sp³-hybridized carbons (Fsp3) is 1.00. The Bertz CT molecular complexity index is 2640. The minimum atomic E-state index is -3.68. The van der Waals surface area contributed by atoms with Gasteiger partial charge < -0.3 is 69.7 Å². The molecule has 21 atom stereocenters. The van der Waals surface area contributed by atoms with E-state index in [4.69, 9.17) is 68.9 Å². The van der Waals surface area contributed by atoms with Gasteiger partial charge >= 0.3 is 0 Å². The molecule has 0 amide bonds. The van der Waals surface area contributed by atoms with Crippen LogP contribution in [0.15, 0.2) is 0 Å². The topological polar surface area (TPSA) is 275 Å². The Morgan fingerprint density at radius 1 is 0.365 bits per heavy atom. The van der Waals surface area contributed by atoms with Crippen molar-refractivity contribution in [2.75, 3.05) is 225 Å². The van der Waals surface area contributed by atoms with Crippen LogP contribution >= 0.6 is 52.6 Å². The molecule has 0 radical (unpaired) electrons. The van der Waals surface area contributed by atoms with Gasteiger partial charge in [-0.05, 0) is 48.8 Å². The Labute approximate surface area is 509 Å². The lowest BCUT2D eigenvalue weighted by Crippen LogP contribution is -2.48. The quantitative estimate of drug-likeness (QED) is 0.0873. The molecule has 0 aliphatic carbocycles. The van der Waals surface area contributed by atoms with Crippen molar-refractivity contribution < 1.29 is 101 Å². The first-order valence-electron chi connectivity index (χ1n) is 30.8. The van der Waals surface area contributed by atoms with Gasteiger partial charge in [0.05, 0.1) is 137 Å². The molecule has 6 unspecified atom stereocenters. The predicted molar refractivity (Wildman–Crippen MR) is 324 cm³/mol. The third-order valence-corrected chi connectivity index (χ3v) is 29.7. The molecule has 498 valence electrons. The molecule has 7 aliphatic heterocycles. The number of hydrogen-bond donors (Lipinski definition) is 0. The first-order valence-corrected chi connectivity index (χ1v) is 43.2. The summed E-state index contributed by atoms with van der Waals surface area (Å²) >= 11 is 0. The van der Waals surface area contributed by atoms with Crippen LogP contribution in [-0.4, -0.2) is 330 Å². The summed E-state index contributed by atoms with van der Waals surface area (Å²) < 4.78 is 218. The predicted octanol–water partition coefficient (Wildman–Crippen LogP) is 5.51. The molecule has 7 rings (SSSR count). The highest BCUT2D eigenvalue weighted by Crippen LogP contribution is 2.55. The van der Waals surface area contributed by atoms with Crippen molar-refractivity contribution in [3.8, 4) is 0 Å². The first kappa shape index (κ1) is 68.6. The van der Waals surface area contributed by atoms with Crippen LogP contribution in [0.25, 0.3) is 0 Å². The third kappa shape index (κ3) is 21.9. The summed E-state index contributed by atoms with van der Waals surface area (Å²) in [5, 5.41) is 0. The van der Waals surface area contributed by atoms with Gasteiger partial charge in [-0.15, -0.1) is 0 Å². The zero-order valence-electron chi connectivity index (χ0n) is 55.2. The average molecular weight is 1360 g/mol. The summed E-state index contributed by atoms with van der Waals surface area (Å²) in [5.41, 5.74) is 0. The fourth-order valence-electron chi connectivity index (χ4n) is 10.8. The zero-order chi connectivity index (χ0) is 65.0. The molecule has 29 nitrogen and oxygen atoms in total. The third-order valence-electron chi connectivity index (χ3n) is 15.7. The van der Waals surface area contributed by atoms with Crippen molar-refractivity contribution in [1.29, 1.82) is 0 Å². The monoisotopic (exact) mass is 1360 g/mol. The molecule has 0 aromatic carbocycles. The maximum atomic E-state index is 14.3. The lowest BCUT2D eigenvalue weighted by Gasteiger charge is -2.42. The largest absolute Gasteiger partial charge is 0.373 e. The van der Waals surface area contributed by atoms with E-state index in [0.29, 0.717) is 13.1 Å². The van der Waals surface area contributed by atoms with E-state index in [1.165, 1.54) is 60.7 Å². The Balaban J connectivity index is 0.844. The Kier molecular flexibility index (Phi) is 25.3. The van der Waals surface area contributed by atoms with Crippen LogP contribution in [0.4, 0.5) is 0 Å². The van der Waals surface area contributed by atoms with E-state index in [1.54, 1.807) is 32.8 Å². The Morgan fingerprint density at radius 3 is 0.882 bits per heavy atom. The smallest absolute Gasteiger partial charge is 0.269 e. The fourth-order valence-corrected chi connectivity index (χ4v) is 20.6. The summed E-state index contributed by atoms with van der Waals surface area (Å²) in [7, 11) is -18.9. The molecule has 0 saturated carbocycles. The van der Waals surface area contributed by atoms with Gasteiger partial charge in [-0.3, -0.25) is 32.0 Å². The van der Waals surface area contributed by atoms with Crippen molar-refractivity contribution in [2.24, 2.45) is 0 Å². The molecule has 7 heterocycles. The van der Waals surface area contributed by atoms with Gasteiger partial charge in [0.25, 0.3) is 52.6 Å². The van der Waals surface area contributed by atoms with Crippen LogP contribution in [0, 0.1) is 0 Å². The molecule has 0 N–H and O–H groups in total. The highest BCUT2D eigenvalue weighted by atomic mass is 31.2. The summed E-state index contributed by atoms with van der Waals surface area (Å²) in [6.45, 7) is 16.7. The van der Waals surface area contributed by atoms with E-state index in [2.05, 4.69) is 4.90 Å². The molecule has 0 bridgehead atoms. The number of ether oxygens (including phenoxy) is 7. The summed E-state index contributed by atoms with van der Waals surface area (Å²) in [6.07, 6.45) is -5.53. The number of rotatable bonds is 28. The lowest BCUT2D eigenvalue weighted by atomic mass is 10.2. The molecular formula is C49H101N8O21P7. The molecule has 0 aromatic rings. The number of nitrogens with zero attached hydrogens (tertiary/aromatic N) is 8. The second-order valence-electron chi connectivity index (χ2n) is 24.0. The van der Waals surface area contributed by atoms with Crippen LogP contribution in [0.1, 0.15) is 31.8 Å². The number of hydrogen-bond acceptors (Lipinski definition) is 22. The number of likely N-dealkylation sites (N-methyl/N-ethyl adjacent to an activating group) is 1. The van der Waals surface area contributed by atoms with Crippen molar-refractivity contribution >= 4 is 52.6 Å². The van der Waals surface area contributed by atoms with E-state index in [1.807, 2.05) is 34.7 Å². The van der Waals surface area contributed by atoms with Gasteiger partial charge in [0.2, 0.25) is 0 Å². The second-order valence-corrected chi connectivity index (χ2v) is 41.3. The van der Waals surface area contributed by atoms with E-state index in [0.717, 1.165) is 6.54 Å². The van der Waals surface area contributed by atoms with Crippen LogP contribution in [0.3, 0.4) is 0 Å². The summed E-state index contributed by atoms with van der Waals surface area (Å²) in [5.74, 6) is 0. The maximum Gasteiger partial charge on any atom is 0.269 e. The van der Waals surface area contributed by atoms with Gasteiger partial charge in [0.1, 0.15) is 0 Å². The van der Waals surface area contributed by atoms with Gasteiger partial charge in [0, 0.05) is 138 Å². The number of morpholine rings is 7. The summed E-state index contributed by atoms with van der Waals surface area (Å²) in [4.78, 5) is 2.13. The Morgan fingerprint density at radius 2 is 0.600 bits per heavy atom. The van der Waals surface area contributed by atoms with E-state index >= 15 is 0 Å². The van der Waals surface area contributed by atoms with Crippen LogP contribution in [-0.2, 0) is 96.8 Å². The van der Waals surface area contributed by atoms with Gasteiger partial charge in [-0.2, -0.15) is 0 Å². The van der Waals surface area contributed by atoms with Crippen molar-refractivity contribution in [3.63, 3.8) is 0 Å². The van der Waals surface area contributed by atoms with E-state index in [-0.39, 0.29) is 137 Å². The van der Waals surface area contributed by atoms with Crippen LogP contribution in [0.2, 0.25) is 0 Å². The average Bonchev–Trinajstić information content (AvgIpc) is 3.58.